The van der Waals surface area contributed by atoms with Gasteiger partial charge < -0.3 is 9.64 Å². The first-order valence-electron chi connectivity index (χ1n) is 7.46. The van der Waals surface area contributed by atoms with Crippen LogP contribution in [0.3, 0.4) is 0 Å². The summed E-state index contributed by atoms with van der Waals surface area (Å²) in [6.07, 6.45) is 6.95. The summed E-state index contributed by atoms with van der Waals surface area (Å²) in [5, 5.41) is 0. The molecule has 17 heavy (non-hydrogen) atoms. The van der Waals surface area contributed by atoms with Crippen LogP contribution in [-0.4, -0.2) is 61.8 Å². The Morgan fingerprint density at radius 3 is 2.59 bits per heavy atom. The molecule has 0 bridgehead atoms. The number of hydrogen-bond acceptors (Lipinski definition) is 3. The zero-order valence-corrected chi connectivity index (χ0v) is 10.9. The van der Waals surface area contributed by atoms with E-state index in [0.717, 1.165) is 25.2 Å². The average Bonchev–Trinajstić information content (AvgIpc) is 3.04. The molecule has 0 unspecified atom stereocenters. The molecule has 2 atom stereocenters. The van der Waals surface area contributed by atoms with Gasteiger partial charge >= 0.3 is 0 Å². The predicted molar refractivity (Wildman–Crippen MR) is 69.2 cm³/mol. The van der Waals surface area contributed by atoms with E-state index in [-0.39, 0.29) is 0 Å². The second-order valence-corrected chi connectivity index (χ2v) is 6.03. The van der Waals surface area contributed by atoms with Crippen molar-refractivity contribution in [3.63, 3.8) is 0 Å². The monoisotopic (exact) mass is 238 g/mol. The minimum Gasteiger partial charge on any atom is -0.381 e. The summed E-state index contributed by atoms with van der Waals surface area (Å²) in [5.74, 6) is 0.814. The van der Waals surface area contributed by atoms with Crippen molar-refractivity contribution >= 4 is 0 Å². The van der Waals surface area contributed by atoms with Crippen LogP contribution in [0.15, 0.2) is 0 Å². The molecule has 3 nitrogen and oxygen atoms in total. The smallest absolute Gasteiger partial charge is 0.0507 e. The highest BCUT2D eigenvalue weighted by molar-refractivity contribution is 4.85. The molecule has 0 amide bonds. The zero-order chi connectivity index (χ0) is 11.5. The zero-order valence-electron chi connectivity index (χ0n) is 10.9. The summed E-state index contributed by atoms with van der Waals surface area (Å²) in [4.78, 5) is 5.42. The normalized spacial score (nSPS) is 36.0. The molecule has 3 fully saturated rings. The Bertz CT molecular complexity index is 210. The number of rotatable bonds is 4. The van der Waals surface area contributed by atoms with Crippen LogP contribution in [0, 0.1) is 5.92 Å². The van der Waals surface area contributed by atoms with Crippen molar-refractivity contribution in [3.05, 3.63) is 0 Å². The van der Waals surface area contributed by atoms with Crippen LogP contribution in [-0.2, 0) is 4.74 Å². The Hall–Kier alpha value is -0.120. The molecule has 98 valence electrons. The molecular formula is C14H26N2O. The van der Waals surface area contributed by atoms with E-state index in [9.17, 15) is 0 Å². The summed E-state index contributed by atoms with van der Waals surface area (Å²) < 4.78 is 5.50. The quantitative estimate of drug-likeness (QED) is 0.739. The van der Waals surface area contributed by atoms with Gasteiger partial charge in [-0.15, -0.1) is 0 Å². The first-order chi connectivity index (χ1) is 8.42. The summed E-state index contributed by atoms with van der Waals surface area (Å²) in [6.45, 7) is 8.64. The maximum Gasteiger partial charge on any atom is 0.0507 e. The van der Waals surface area contributed by atoms with Gasteiger partial charge in [0.2, 0.25) is 0 Å². The van der Waals surface area contributed by atoms with Gasteiger partial charge in [0.15, 0.2) is 0 Å². The van der Waals surface area contributed by atoms with Crippen molar-refractivity contribution in [1.29, 1.82) is 0 Å². The van der Waals surface area contributed by atoms with E-state index in [1.165, 1.54) is 64.8 Å². The second-order valence-electron chi connectivity index (χ2n) is 6.03. The Labute approximate surface area is 105 Å². The first kappa shape index (κ1) is 11.9. The molecule has 0 aliphatic carbocycles. The van der Waals surface area contributed by atoms with E-state index in [1.54, 1.807) is 0 Å². The molecule has 0 aromatic heterocycles. The molecule has 3 rings (SSSR count). The second kappa shape index (κ2) is 5.68. The fourth-order valence-electron chi connectivity index (χ4n) is 3.66. The number of ether oxygens (including phenoxy) is 1. The first-order valence-corrected chi connectivity index (χ1v) is 7.46. The van der Waals surface area contributed by atoms with Crippen molar-refractivity contribution in [2.24, 2.45) is 5.92 Å². The standard InChI is InChI=1S/C14H26N2O/c1-2-7-15(6-1)11-14-4-3-8-16(14)10-13-5-9-17-12-13/h13-14H,1-12H2/t13-,14+/m1/s1. The molecule has 3 aliphatic rings. The van der Waals surface area contributed by atoms with E-state index >= 15 is 0 Å². The molecule has 0 radical (unpaired) electrons. The molecule has 3 heteroatoms. The number of hydrogen-bond donors (Lipinski definition) is 0. The lowest BCUT2D eigenvalue weighted by Gasteiger charge is -2.30. The highest BCUT2D eigenvalue weighted by atomic mass is 16.5. The predicted octanol–water partition coefficient (Wildman–Crippen LogP) is 1.58. The molecule has 0 aromatic rings. The summed E-state index contributed by atoms with van der Waals surface area (Å²) in [6, 6.07) is 0.841. The average molecular weight is 238 g/mol. The fraction of sp³-hybridized carbons (Fsp3) is 1.00. The Morgan fingerprint density at radius 2 is 1.82 bits per heavy atom. The Morgan fingerprint density at radius 1 is 0.941 bits per heavy atom. The minimum atomic E-state index is 0.814. The van der Waals surface area contributed by atoms with Gasteiger partial charge in [-0.2, -0.15) is 0 Å². The maximum atomic E-state index is 5.50. The van der Waals surface area contributed by atoms with Gasteiger partial charge in [0.05, 0.1) is 6.61 Å². The largest absolute Gasteiger partial charge is 0.381 e. The third kappa shape index (κ3) is 3.01. The van der Waals surface area contributed by atoms with Crippen LogP contribution in [0.5, 0.6) is 0 Å². The van der Waals surface area contributed by atoms with Crippen LogP contribution in [0.25, 0.3) is 0 Å². The Kier molecular flexibility index (Phi) is 3.99. The van der Waals surface area contributed by atoms with Gasteiger partial charge in [0, 0.05) is 25.7 Å². The van der Waals surface area contributed by atoms with Crippen LogP contribution in [0.1, 0.15) is 32.1 Å². The lowest BCUT2D eigenvalue weighted by molar-refractivity contribution is 0.147. The van der Waals surface area contributed by atoms with E-state index in [1.807, 2.05) is 0 Å². The maximum absolute atomic E-state index is 5.50. The van der Waals surface area contributed by atoms with Gasteiger partial charge in [0.25, 0.3) is 0 Å². The van der Waals surface area contributed by atoms with Crippen molar-refractivity contribution < 1.29 is 4.74 Å². The van der Waals surface area contributed by atoms with Crippen molar-refractivity contribution in [3.8, 4) is 0 Å². The molecule has 3 aliphatic heterocycles. The minimum absolute atomic E-state index is 0.814. The van der Waals surface area contributed by atoms with Crippen molar-refractivity contribution in [2.75, 3.05) is 45.9 Å². The van der Waals surface area contributed by atoms with Gasteiger partial charge in [-0.25, -0.2) is 0 Å². The molecule has 0 spiro atoms. The fourth-order valence-corrected chi connectivity index (χ4v) is 3.66. The summed E-state index contributed by atoms with van der Waals surface area (Å²) >= 11 is 0. The van der Waals surface area contributed by atoms with Gasteiger partial charge in [0.1, 0.15) is 0 Å². The topological polar surface area (TPSA) is 15.7 Å². The lowest BCUT2D eigenvalue weighted by Crippen LogP contribution is -2.41. The molecule has 3 heterocycles. The van der Waals surface area contributed by atoms with Crippen molar-refractivity contribution in [2.45, 2.75) is 38.1 Å². The molecule has 0 N–H and O–H groups in total. The Balaban J connectivity index is 1.48. The van der Waals surface area contributed by atoms with E-state index < -0.39 is 0 Å². The lowest BCUT2D eigenvalue weighted by atomic mass is 10.1. The van der Waals surface area contributed by atoms with Crippen LogP contribution in [0.4, 0.5) is 0 Å². The molecule has 0 aromatic carbocycles. The van der Waals surface area contributed by atoms with Crippen LogP contribution >= 0.6 is 0 Å². The highest BCUT2D eigenvalue weighted by Gasteiger charge is 2.29. The molecule has 3 saturated heterocycles. The van der Waals surface area contributed by atoms with E-state index in [0.29, 0.717) is 0 Å². The van der Waals surface area contributed by atoms with E-state index in [4.69, 9.17) is 4.74 Å². The third-order valence-corrected chi connectivity index (χ3v) is 4.68. The van der Waals surface area contributed by atoms with E-state index in [2.05, 4.69) is 9.80 Å². The third-order valence-electron chi connectivity index (χ3n) is 4.68. The highest BCUT2D eigenvalue weighted by Crippen LogP contribution is 2.23. The van der Waals surface area contributed by atoms with Gasteiger partial charge in [-0.05, 0) is 57.7 Å². The molecular weight excluding hydrogens is 212 g/mol. The van der Waals surface area contributed by atoms with Gasteiger partial charge in [-0.3, -0.25) is 4.90 Å². The van der Waals surface area contributed by atoms with Crippen LogP contribution < -0.4 is 0 Å². The number of nitrogens with zero attached hydrogens (tertiary/aromatic N) is 2. The van der Waals surface area contributed by atoms with Gasteiger partial charge in [-0.1, -0.05) is 0 Å². The molecule has 0 saturated carbocycles. The van der Waals surface area contributed by atoms with Crippen molar-refractivity contribution in [1.82, 2.24) is 9.80 Å². The summed E-state index contributed by atoms with van der Waals surface area (Å²) in [5.41, 5.74) is 0. The number of likely N-dealkylation sites (tertiary alicyclic amines) is 2. The van der Waals surface area contributed by atoms with Crippen LogP contribution in [0.2, 0.25) is 0 Å². The summed E-state index contributed by atoms with van der Waals surface area (Å²) in [7, 11) is 0. The SMILES string of the molecule is C1CCN(C[C@@H]2CCCN2C[C@H]2CCOC2)C1.